The van der Waals surface area contributed by atoms with E-state index < -0.39 is 70.7 Å². The van der Waals surface area contributed by atoms with Crippen LogP contribution in [0.4, 0.5) is 62.7 Å². The number of halogens is 8. The van der Waals surface area contributed by atoms with Gasteiger partial charge in [0.15, 0.2) is 11.6 Å². The number of piperazine rings is 2. The van der Waals surface area contributed by atoms with Gasteiger partial charge in [-0.05, 0) is 107 Å². The van der Waals surface area contributed by atoms with Crippen LogP contribution in [0.2, 0.25) is 0 Å². The molecule has 2 saturated heterocycles. The monoisotopic (exact) mass is 1230 g/mol. The fourth-order valence-corrected chi connectivity index (χ4v) is 10.7. The Morgan fingerprint density at radius 3 is 1.41 bits per heavy atom. The number of carbonyl (C=O) groups excluding carboxylic acids is 3. The van der Waals surface area contributed by atoms with Crippen LogP contribution in [-0.2, 0) is 62.1 Å². The summed E-state index contributed by atoms with van der Waals surface area (Å²) < 4.78 is 129. The van der Waals surface area contributed by atoms with Gasteiger partial charge in [0.25, 0.3) is 11.1 Å². The van der Waals surface area contributed by atoms with Gasteiger partial charge in [0.05, 0.1) is 48.9 Å². The molecule has 30 heteroatoms. The summed E-state index contributed by atoms with van der Waals surface area (Å²) in [5.41, 5.74) is -1.09. The Hall–Kier alpha value is -8.25. The molecule has 22 nitrogen and oxygen atoms in total. The van der Waals surface area contributed by atoms with E-state index in [1.165, 1.54) is 18.4 Å². The van der Waals surface area contributed by atoms with Crippen LogP contribution >= 0.6 is 0 Å². The second-order valence-corrected chi connectivity index (χ2v) is 22.1. The molecule has 2 aromatic carbocycles. The van der Waals surface area contributed by atoms with E-state index in [2.05, 4.69) is 36.1 Å². The molecule has 4 aliphatic heterocycles. The highest BCUT2D eigenvalue weighted by atomic mass is 19.4. The lowest BCUT2D eigenvalue weighted by Crippen LogP contribution is -2.51. The lowest BCUT2D eigenvalue weighted by atomic mass is 10.1. The topological polar surface area (TPSA) is 229 Å². The predicted octanol–water partition coefficient (Wildman–Crippen LogP) is 7.19. The van der Waals surface area contributed by atoms with E-state index in [-0.39, 0.29) is 64.9 Å². The van der Waals surface area contributed by atoms with Crippen LogP contribution in [-0.4, -0.2) is 146 Å². The van der Waals surface area contributed by atoms with Gasteiger partial charge in [-0.15, -0.1) is 10.2 Å². The highest BCUT2D eigenvalue weighted by molar-refractivity contribution is 5.92. The number of amides is 3. The normalized spacial score (nSPS) is 16.1. The summed E-state index contributed by atoms with van der Waals surface area (Å²) in [5.74, 6) is -3.39. The number of aryl methyl sites for hydroxylation is 2. The molecule has 0 bridgehead atoms. The number of fused-ring (bicyclic) bond motifs is 2. The second-order valence-electron chi connectivity index (χ2n) is 22.1. The zero-order chi connectivity index (χ0) is 62.9. The number of rotatable bonds is 12. The third-order valence-electron chi connectivity index (χ3n) is 14.9. The van der Waals surface area contributed by atoms with Gasteiger partial charge in [-0.3, -0.25) is 19.2 Å². The molecule has 6 aromatic rings. The van der Waals surface area contributed by atoms with E-state index in [1.54, 1.807) is 34.8 Å². The largest absolute Gasteiger partial charge is 0.444 e. The van der Waals surface area contributed by atoms with Crippen LogP contribution in [0.15, 0.2) is 46.0 Å². The van der Waals surface area contributed by atoms with Crippen LogP contribution < -0.4 is 36.9 Å². The number of anilines is 4. The van der Waals surface area contributed by atoms with Crippen molar-refractivity contribution in [3.63, 3.8) is 0 Å². The van der Waals surface area contributed by atoms with Crippen molar-refractivity contribution in [2.75, 3.05) is 99.2 Å². The molecule has 0 aliphatic carbocycles. The molecule has 2 fully saturated rings. The first kappa shape index (κ1) is 63.3. The number of aromatic nitrogens is 8. The van der Waals surface area contributed by atoms with Gasteiger partial charge in [0.2, 0.25) is 23.4 Å². The number of benzene rings is 2. The van der Waals surface area contributed by atoms with Gasteiger partial charge < -0.3 is 54.0 Å². The van der Waals surface area contributed by atoms with E-state index in [1.807, 2.05) is 35.8 Å². The van der Waals surface area contributed by atoms with Crippen molar-refractivity contribution in [3.8, 4) is 0 Å². The zero-order valence-corrected chi connectivity index (χ0v) is 48.9. The minimum absolute atomic E-state index is 0.0209. The molecule has 0 unspecified atom stereocenters. The molecule has 4 aromatic heterocycles. The summed E-state index contributed by atoms with van der Waals surface area (Å²) in [5, 5.41) is 17.3. The average molecular weight is 1230 g/mol. The summed E-state index contributed by atoms with van der Waals surface area (Å²) in [6.45, 7) is 16.3. The smallest absolute Gasteiger partial charge is 0.419 e. The molecule has 10 rings (SSSR count). The maximum Gasteiger partial charge on any atom is 0.419 e. The maximum absolute atomic E-state index is 14.4. The first-order valence-electron chi connectivity index (χ1n) is 28.3. The number of alkyl halides is 6. The van der Waals surface area contributed by atoms with Crippen molar-refractivity contribution in [1.29, 1.82) is 0 Å². The molecule has 468 valence electrons. The summed E-state index contributed by atoms with van der Waals surface area (Å²) in [6, 6.07) is 2.60. The Morgan fingerprint density at radius 1 is 0.632 bits per heavy atom. The predicted molar refractivity (Wildman–Crippen MR) is 305 cm³/mol. The van der Waals surface area contributed by atoms with E-state index in [9.17, 15) is 59.1 Å². The summed E-state index contributed by atoms with van der Waals surface area (Å²) in [6.07, 6.45) is -4.77. The van der Waals surface area contributed by atoms with E-state index >= 15 is 0 Å². The van der Waals surface area contributed by atoms with Crippen LogP contribution in [0.1, 0.15) is 92.8 Å². The van der Waals surface area contributed by atoms with Gasteiger partial charge in [0.1, 0.15) is 41.7 Å². The van der Waals surface area contributed by atoms with E-state index in [0.29, 0.717) is 144 Å². The quantitative estimate of drug-likeness (QED) is 0.103. The van der Waals surface area contributed by atoms with Gasteiger partial charge in [-0.25, -0.2) is 13.6 Å². The Kier molecular flexibility index (Phi) is 18.6. The van der Waals surface area contributed by atoms with Gasteiger partial charge >= 0.3 is 18.4 Å². The van der Waals surface area contributed by atoms with Crippen molar-refractivity contribution in [3.05, 3.63) is 114 Å². The summed E-state index contributed by atoms with van der Waals surface area (Å²) >= 11 is 0. The molecular formula is C57H66F8N14O8. The minimum Gasteiger partial charge on any atom is -0.444 e. The molecule has 4 aliphatic rings. The van der Waals surface area contributed by atoms with E-state index in [4.69, 9.17) is 14.2 Å². The maximum atomic E-state index is 14.4. The van der Waals surface area contributed by atoms with Crippen molar-refractivity contribution >= 4 is 63.4 Å². The molecule has 0 spiro atoms. The van der Waals surface area contributed by atoms with Crippen molar-refractivity contribution in [2.45, 2.75) is 105 Å². The van der Waals surface area contributed by atoms with Gasteiger partial charge in [-0.1, -0.05) is 26.0 Å². The lowest BCUT2D eigenvalue weighted by Gasteiger charge is -2.37. The fraction of sp³-hybridized carbons (Fsp3) is 0.491. The van der Waals surface area contributed by atoms with Crippen LogP contribution in [0.3, 0.4) is 0 Å². The number of hydrogen-bond donors (Lipinski definition) is 3. The SMILES string of the molecule is CCc1c(N2CCN(C(=O)OC(C)(C)C)CC2)c(=O)n2nc(C3=CCOCC3)nc2n1CC(=O)Nc1cc(F)c(C(F)(F)F)cc1C.CCc1c(N2CCNCC2)c(=O)n2nc(C3=CCOCC3)nc2n1CC(=O)Nc1cc(F)c(C(F)(F)F)cc1C. The lowest BCUT2D eigenvalue weighted by molar-refractivity contribution is -0.140. The third kappa shape index (κ3) is 14.0. The Morgan fingerprint density at radius 2 is 1.05 bits per heavy atom. The molecular weight excluding hydrogens is 1160 g/mol. The average Bonchev–Trinajstić information content (AvgIpc) is 1.72. The van der Waals surface area contributed by atoms with Crippen molar-refractivity contribution in [1.82, 2.24) is 48.5 Å². The van der Waals surface area contributed by atoms with Crippen molar-refractivity contribution in [2.24, 2.45) is 0 Å². The minimum atomic E-state index is -4.89. The number of carbonyl (C=O) groups is 3. The highest BCUT2D eigenvalue weighted by Crippen LogP contribution is 2.36. The number of ether oxygens (including phenoxy) is 3. The molecule has 3 amide bonds. The number of nitrogens with zero attached hydrogens (tertiary/aromatic N) is 11. The molecule has 0 radical (unpaired) electrons. The fourth-order valence-electron chi connectivity index (χ4n) is 10.7. The highest BCUT2D eigenvalue weighted by Gasteiger charge is 2.37. The first-order valence-corrected chi connectivity index (χ1v) is 28.3. The van der Waals surface area contributed by atoms with Crippen LogP contribution in [0, 0.1) is 25.5 Å². The third-order valence-corrected chi connectivity index (χ3v) is 14.9. The molecule has 0 saturated carbocycles. The van der Waals surface area contributed by atoms with Gasteiger partial charge in [-0.2, -0.15) is 45.3 Å². The summed E-state index contributed by atoms with van der Waals surface area (Å²) in [4.78, 5) is 81.8. The molecule has 3 N–H and O–H groups in total. The Labute approximate surface area is 492 Å². The van der Waals surface area contributed by atoms with Gasteiger partial charge in [0, 0.05) is 63.7 Å². The zero-order valence-electron chi connectivity index (χ0n) is 48.9. The van der Waals surface area contributed by atoms with Crippen LogP contribution in [0.5, 0.6) is 0 Å². The Balaban J connectivity index is 0.000000210. The molecule has 87 heavy (non-hydrogen) atoms. The number of hydrogen-bond acceptors (Lipinski definition) is 15. The second kappa shape index (κ2) is 25.6. The van der Waals surface area contributed by atoms with Crippen molar-refractivity contribution < 1.29 is 63.7 Å². The first-order chi connectivity index (χ1) is 41.1. The summed E-state index contributed by atoms with van der Waals surface area (Å²) in [7, 11) is 0. The Bertz CT molecular complexity index is 3810. The van der Waals surface area contributed by atoms with Crippen LogP contribution in [0.25, 0.3) is 22.7 Å². The van der Waals surface area contributed by atoms with E-state index in [0.717, 1.165) is 15.7 Å². The number of nitrogens with one attached hydrogen (secondary N) is 3. The molecule has 8 heterocycles. The molecule has 0 atom stereocenters. The standard InChI is InChI=1S/C31H37F4N7O5.C26H29F4N7O3/c1-6-23-25(39-9-11-40(12-10-39)29(45)47-30(3,4)5)27(44)42-28(37-26(38-42)19-7-13-46-14-8-19)41(23)17-24(43)36-22-16-21(32)20(15-18(22)2)31(33,34)35;1-3-20-22(35-8-6-31-7-9-35)24(39)37-25(33-23(34-37)16-4-10-40-11-5-16)36(20)14-21(38)32-19-13-18(27)17(12-15(19)2)26(28,29)30/h7,15-16H,6,8-14,17H2,1-5H3,(H,36,43);4,12-13,31H,3,5-11,14H2,1-2H3,(H,32,38).